The molecule has 0 amide bonds. The molecule has 7 heteroatoms. The zero-order valence-corrected chi connectivity index (χ0v) is 11.2. The first-order valence-electron chi connectivity index (χ1n) is 5.88. The van der Waals surface area contributed by atoms with Crippen molar-refractivity contribution >= 4 is 28.4 Å². The number of fused-ring (bicyclic) bond motifs is 1. The SMILES string of the molecule is Nc1c(Cl)ccc2oc(-c3ccc(C(F)(F)F)cc3)nc12. The summed E-state index contributed by atoms with van der Waals surface area (Å²) in [5, 5.41) is 0.342. The Morgan fingerprint density at radius 3 is 2.33 bits per heavy atom. The van der Waals surface area contributed by atoms with Crippen LogP contribution >= 0.6 is 11.6 Å². The second kappa shape index (κ2) is 4.66. The lowest BCUT2D eigenvalue weighted by molar-refractivity contribution is -0.137. The van der Waals surface area contributed by atoms with Crippen LogP contribution in [0.15, 0.2) is 40.8 Å². The van der Waals surface area contributed by atoms with Gasteiger partial charge in [-0.05, 0) is 36.4 Å². The fraction of sp³-hybridized carbons (Fsp3) is 0.0714. The summed E-state index contributed by atoms with van der Waals surface area (Å²) in [5.74, 6) is 0.188. The van der Waals surface area contributed by atoms with Crippen LogP contribution in [0.4, 0.5) is 18.9 Å². The summed E-state index contributed by atoms with van der Waals surface area (Å²) < 4.78 is 43.0. The van der Waals surface area contributed by atoms with E-state index in [1.165, 1.54) is 12.1 Å². The number of benzene rings is 2. The van der Waals surface area contributed by atoms with E-state index in [4.69, 9.17) is 21.8 Å². The fourth-order valence-corrected chi connectivity index (χ4v) is 2.07. The molecule has 0 atom stereocenters. The lowest BCUT2D eigenvalue weighted by Crippen LogP contribution is -2.03. The number of oxazole rings is 1. The first kappa shape index (κ1) is 13.8. The number of anilines is 1. The quantitative estimate of drug-likeness (QED) is 0.660. The first-order valence-corrected chi connectivity index (χ1v) is 6.26. The Kier molecular flexibility index (Phi) is 3.06. The number of alkyl halides is 3. The first-order chi connectivity index (χ1) is 9.86. The summed E-state index contributed by atoms with van der Waals surface area (Å²) in [7, 11) is 0. The van der Waals surface area contributed by atoms with Gasteiger partial charge in [0, 0.05) is 5.56 Å². The maximum atomic E-state index is 12.5. The van der Waals surface area contributed by atoms with Gasteiger partial charge in [0.25, 0.3) is 0 Å². The molecule has 0 radical (unpaired) electrons. The summed E-state index contributed by atoms with van der Waals surface area (Å²) in [6.45, 7) is 0. The zero-order valence-electron chi connectivity index (χ0n) is 10.4. The van der Waals surface area contributed by atoms with Crippen molar-refractivity contribution in [2.24, 2.45) is 0 Å². The van der Waals surface area contributed by atoms with Gasteiger partial charge in [-0.25, -0.2) is 4.98 Å². The molecule has 0 bridgehead atoms. The van der Waals surface area contributed by atoms with E-state index in [1.54, 1.807) is 12.1 Å². The topological polar surface area (TPSA) is 52.0 Å². The second-order valence-corrected chi connectivity index (χ2v) is 4.81. The summed E-state index contributed by atoms with van der Waals surface area (Å²) in [6, 6.07) is 7.72. The Bertz CT molecular complexity index is 809. The highest BCUT2D eigenvalue weighted by molar-refractivity contribution is 6.34. The van der Waals surface area contributed by atoms with Crippen molar-refractivity contribution in [3.8, 4) is 11.5 Å². The van der Waals surface area contributed by atoms with Gasteiger partial charge in [-0.2, -0.15) is 13.2 Å². The van der Waals surface area contributed by atoms with Gasteiger partial charge in [0.15, 0.2) is 5.58 Å². The van der Waals surface area contributed by atoms with E-state index >= 15 is 0 Å². The number of rotatable bonds is 1. The number of nitrogens with zero attached hydrogens (tertiary/aromatic N) is 1. The van der Waals surface area contributed by atoms with Crippen molar-refractivity contribution in [3.63, 3.8) is 0 Å². The third kappa shape index (κ3) is 2.42. The fourth-order valence-electron chi connectivity index (χ4n) is 1.91. The van der Waals surface area contributed by atoms with Gasteiger partial charge < -0.3 is 10.2 Å². The Morgan fingerprint density at radius 1 is 1.05 bits per heavy atom. The highest BCUT2D eigenvalue weighted by atomic mass is 35.5. The molecule has 2 N–H and O–H groups in total. The Morgan fingerprint density at radius 2 is 1.71 bits per heavy atom. The molecule has 108 valence electrons. The van der Waals surface area contributed by atoms with Gasteiger partial charge in [0.05, 0.1) is 16.3 Å². The molecule has 0 aliphatic heterocycles. The Balaban J connectivity index is 2.06. The minimum Gasteiger partial charge on any atom is -0.436 e. The maximum absolute atomic E-state index is 12.5. The Hall–Kier alpha value is -2.21. The van der Waals surface area contributed by atoms with Crippen LogP contribution in [0.1, 0.15) is 5.56 Å². The maximum Gasteiger partial charge on any atom is 0.416 e. The van der Waals surface area contributed by atoms with Crippen LogP contribution in [0.3, 0.4) is 0 Å². The number of hydrogen-bond donors (Lipinski definition) is 1. The van der Waals surface area contributed by atoms with E-state index in [-0.39, 0.29) is 11.6 Å². The lowest BCUT2D eigenvalue weighted by atomic mass is 10.1. The summed E-state index contributed by atoms with van der Waals surface area (Å²) in [4.78, 5) is 4.18. The van der Waals surface area contributed by atoms with Crippen LogP contribution in [0.5, 0.6) is 0 Å². The number of nitrogens with two attached hydrogens (primary N) is 1. The van der Waals surface area contributed by atoms with Crippen LogP contribution in [0.25, 0.3) is 22.6 Å². The molecule has 1 aromatic heterocycles. The minimum atomic E-state index is -4.38. The van der Waals surface area contributed by atoms with Gasteiger partial charge >= 0.3 is 6.18 Å². The third-order valence-corrected chi connectivity index (χ3v) is 3.34. The van der Waals surface area contributed by atoms with E-state index in [0.29, 0.717) is 21.7 Å². The van der Waals surface area contributed by atoms with Crippen molar-refractivity contribution in [3.05, 3.63) is 47.0 Å². The molecule has 2 aromatic carbocycles. The van der Waals surface area contributed by atoms with E-state index in [1.807, 2.05) is 0 Å². The van der Waals surface area contributed by atoms with Crippen molar-refractivity contribution in [1.82, 2.24) is 4.98 Å². The molecule has 0 fully saturated rings. The average Bonchev–Trinajstić information content (AvgIpc) is 2.87. The summed E-state index contributed by atoms with van der Waals surface area (Å²) in [5.41, 5.74) is 6.57. The van der Waals surface area contributed by atoms with Crippen molar-refractivity contribution in [2.75, 3.05) is 5.73 Å². The lowest BCUT2D eigenvalue weighted by Gasteiger charge is -2.05. The monoisotopic (exact) mass is 312 g/mol. The summed E-state index contributed by atoms with van der Waals surface area (Å²) in [6.07, 6.45) is -4.38. The van der Waals surface area contributed by atoms with Gasteiger partial charge in [0.2, 0.25) is 5.89 Å². The number of halogens is 4. The third-order valence-electron chi connectivity index (χ3n) is 3.01. The van der Waals surface area contributed by atoms with Gasteiger partial charge in [0.1, 0.15) is 5.52 Å². The molecule has 0 aliphatic carbocycles. The van der Waals surface area contributed by atoms with E-state index in [0.717, 1.165) is 12.1 Å². The number of aromatic nitrogens is 1. The van der Waals surface area contributed by atoms with E-state index in [9.17, 15) is 13.2 Å². The molecule has 0 aliphatic rings. The van der Waals surface area contributed by atoms with E-state index < -0.39 is 11.7 Å². The summed E-state index contributed by atoms with van der Waals surface area (Å²) >= 11 is 5.88. The highest BCUT2D eigenvalue weighted by Gasteiger charge is 2.30. The molecule has 21 heavy (non-hydrogen) atoms. The van der Waals surface area contributed by atoms with Crippen LogP contribution in [0.2, 0.25) is 5.02 Å². The molecule has 0 spiro atoms. The average molecular weight is 313 g/mol. The van der Waals surface area contributed by atoms with Crippen LogP contribution in [0, 0.1) is 0 Å². The van der Waals surface area contributed by atoms with Gasteiger partial charge in [-0.15, -0.1) is 0 Å². The van der Waals surface area contributed by atoms with Crippen LogP contribution in [-0.2, 0) is 6.18 Å². The van der Waals surface area contributed by atoms with Crippen molar-refractivity contribution < 1.29 is 17.6 Å². The smallest absolute Gasteiger partial charge is 0.416 e. The van der Waals surface area contributed by atoms with Gasteiger partial charge in [-0.1, -0.05) is 11.6 Å². The molecule has 0 saturated carbocycles. The highest BCUT2D eigenvalue weighted by Crippen LogP contribution is 2.34. The van der Waals surface area contributed by atoms with Crippen molar-refractivity contribution in [2.45, 2.75) is 6.18 Å². The zero-order chi connectivity index (χ0) is 15.2. The normalized spacial score (nSPS) is 12.0. The van der Waals surface area contributed by atoms with Gasteiger partial charge in [-0.3, -0.25) is 0 Å². The molecule has 1 heterocycles. The molecule has 3 rings (SSSR count). The van der Waals surface area contributed by atoms with Crippen LogP contribution < -0.4 is 5.73 Å². The molecular formula is C14H8ClF3N2O. The predicted molar refractivity (Wildman–Crippen MR) is 73.9 cm³/mol. The molecule has 0 unspecified atom stereocenters. The second-order valence-electron chi connectivity index (χ2n) is 4.40. The minimum absolute atomic E-state index is 0.188. The molecular weight excluding hydrogens is 305 g/mol. The number of hydrogen-bond acceptors (Lipinski definition) is 3. The van der Waals surface area contributed by atoms with Crippen molar-refractivity contribution in [1.29, 1.82) is 0 Å². The van der Waals surface area contributed by atoms with Crippen LogP contribution in [-0.4, -0.2) is 4.98 Å². The molecule has 3 nitrogen and oxygen atoms in total. The predicted octanol–water partition coefficient (Wildman–Crippen LogP) is 4.75. The standard InChI is InChI=1S/C14H8ClF3N2O/c15-9-5-6-10-12(11(9)19)20-13(21-10)7-1-3-8(4-2-7)14(16,17)18/h1-6H,19H2. The number of nitrogen functional groups attached to an aromatic ring is 1. The molecule has 0 saturated heterocycles. The van der Waals surface area contributed by atoms with E-state index in [2.05, 4.69) is 4.98 Å². The molecule has 3 aromatic rings. The Labute approximate surface area is 122 Å². The largest absolute Gasteiger partial charge is 0.436 e.